The minimum absolute atomic E-state index is 0.114. The van der Waals surface area contributed by atoms with Crippen LogP contribution in [0.5, 0.6) is 0 Å². The second kappa shape index (κ2) is 17.9. The second-order valence-electron chi connectivity index (χ2n) is 12.8. The number of aryl methyl sites for hydroxylation is 1. The fourth-order valence-electron chi connectivity index (χ4n) is 4.91. The predicted octanol–water partition coefficient (Wildman–Crippen LogP) is 7.38. The number of carbonyl (C=O) groups excluding carboxylic acids is 2. The number of fused-ring (bicyclic) bond motifs is 1. The number of nitrogens with two attached hydrogens (primary N) is 2. The molecule has 46 heavy (non-hydrogen) atoms. The van der Waals surface area contributed by atoms with Crippen LogP contribution >= 0.6 is 11.9 Å². The van der Waals surface area contributed by atoms with Gasteiger partial charge in [0.15, 0.2) is 0 Å². The zero-order chi connectivity index (χ0) is 34.6. The molecule has 4 N–H and O–H groups in total. The summed E-state index contributed by atoms with van der Waals surface area (Å²) in [5.74, 6) is -0.0394. The highest BCUT2D eigenvalue weighted by molar-refractivity contribution is 7.97. The van der Waals surface area contributed by atoms with Crippen LogP contribution in [0.3, 0.4) is 0 Å². The summed E-state index contributed by atoms with van der Waals surface area (Å²) in [6.07, 6.45) is 2.19. The summed E-state index contributed by atoms with van der Waals surface area (Å²) >= 11 is 1.28. The lowest BCUT2D eigenvalue weighted by Gasteiger charge is -2.22. The first-order chi connectivity index (χ1) is 21.6. The molecular formula is C37H52N4O4S. The van der Waals surface area contributed by atoms with Crippen LogP contribution in [0.1, 0.15) is 75.8 Å². The zero-order valence-electron chi connectivity index (χ0n) is 29.1. The van der Waals surface area contributed by atoms with Crippen LogP contribution in [-0.4, -0.2) is 48.7 Å². The standard InChI is InChI=1S/C23H28N2O2.C9H14N2S.C5H10O2/c1-14(2)19-11-18(12-20(15(3)27-5)21(19)13-23(24)26)16-6-7-22-17(10-16)8-9-25(22)4;1-11(2)7-8-3-5-9(12-10)6-4-8;1-5(2,3)7-4-6/h6-12,14-15H,13H2,1-5H3,(H2,24,26);3-6H,7,10H2,1-2H3;4H,1-3H3. The van der Waals surface area contributed by atoms with Crippen molar-refractivity contribution in [1.29, 1.82) is 0 Å². The summed E-state index contributed by atoms with van der Waals surface area (Å²) in [5.41, 5.74) is 13.2. The molecule has 0 saturated heterocycles. The SMILES string of the molecule is CC(C)(C)OC=O.CN(C)Cc1ccc(SN)cc1.COC(C)c1cc(-c2ccc3c(ccn3C)c2)cc(C(C)C)c1CC(N)=O. The number of rotatable bonds is 10. The first-order valence-electron chi connectivity index (χ1n) is 15.3. The zero-order valence-corrected chi connectivity index (χ0v) is 29.9. The van der Waals surface area contributed by atoms with Crippen LogP contribution in [0.25, 0.3) is 22.0 Å². The van der Waals surface area contributed by atoms with Crippen LogP contribution < -0.4 is 10.9 Å². The Morgan fingerprint density at radius 3 is 2.09 bits per heavy atom. The number of amides is 1. The monoisotopic (exact) mass is 648 g/mol. The average molecular weight is 649 g/mol. The molecule has 4 aromatic rings. The fraction of sp³-hybridized carbons (Fsp3) is 0.405. The minimum atomic E-state index is -0.320. The Morgan fingerprint density at radius 1 is 0.978 bits per heavy atom. The third-order valence-electron chi connectivity index (χ3n) is 7.26. The van der Waals surface area contributed by atoms with Crippen LogP contribution in [0.2, 0.25) is 0 Å². The van der Waals surface area contributed by atoms with Gasteiger partial charge in [0.2, 0.25) is 5.91 Å². The molecule has 0 radical (unpaired) electrons. The number of aromatic nitrogens is 1. The van der Waals surface area contributed by atoms with E-state index < -0.39 is 0 Å². The van der Waals surface area contributed by atoms with Gasteiger partial charge < -0.3 is 24.7 Å². The van der Waals surface area contributed by atoms with Crippen molar-refractivity contribution < 1.29 is 19.1 Å². The van der Waals surface area contributed by atoms with Crippen LogP contribution in [0, 0.1) is 0 Å². The Balaban J connectivity index is 0.000000319. The topological polar surface area (TPSA) is 113 Å². The Labute approximate surface area is 279 Å². The van der Waals surface area contributed by atoms with Gasteiger partial charge in [0.1, 0.15) is 5.60 Å². The van der Waals surface area contributed by atoms with E-state index in [4.69, 9.17) is 15.6 Å². The maximum atomic E-state index is 11.7. The van der Waals surface area contributed by atoms with Gasteiger partial charge in [-0.25, -0.2) is 0 Å². The molecule has 1 atom stereocenters. The molecule has 1 amide bonds. The van der Waals surface area contributed by atoms with E-state index in [1.54, 1.807) is 7.11 Å². The Hall–Kier alpha value is -3.63. The molecule has 250 valence electrons. The Morgan fingerprint density at radius 2 is 1.61 bits per heavy atom. The number of hydrogen-bond acceptors (Lipinski definition) is 7. The molecule has 1 unspecified atom stereocenters. The molecule has 0 bridgehead atoms. The second-order valence-corrected chi connectivity index (χ2v) is 13.5. The molecule has 1 heterocycles. The molecule has 9 heteroatoms. The first-order valence-corrected chi connectivity index (χ1v) is 16.2. The maximum absolute atomic E-state index is 11.7. The Bertz CT molecular complexity index is 1560. The van der Waals surface area contributed by atoms with E-state index in [2.05, 4.69) is 104 Å². The van der Waals surface area contributed by atoms with E-state index in [0.717, 1.165) is 39.3 Å². The minimum Gasteiger partial charge on any atom is -0.462 e. The van der Waals surface area contributed by atoms with Gasteiger partial charge in [-0.2, -0.15) is 0 Å². The number of nitrogens with zero attached hydrogens (tertiary/aromatic N) is 2. The smallest absolute Gasteiger partial charge is 0.293 e. The number of ether oxygens (including phenoxy) is 2. The lowest BCUT2D eigenvalue weighted by Crippen LogP contribution is -2.18. The molecule has 3 aromatic carbocycles. The van der Waals surface area contributed by atoms with Crippen molar-refractivity contribution in [2.24, 2.45) is 17.9 Å². The summed E-state index contributed by atoms with van der Waals surface area (Å²) in [6.45, 7) is 13.2. The van der Waals surface area contributed by atoms with Gasteiger partial charge in [0, 0.05) is 42.7 Å². The van der Waals surface area contributed by atoms with Crippen molar-refractivity contribution in [3.8, 4) is 11.1 Å². The highest BCUT2D eigenvalue weighted by atomic mass is 32.2. The number of methoxy groups -OCH3 is 1. The highest BCUT2D eigenvalue weighted by Crippen LogP contribution is 2.35. The van der Waals surface area contributed by atoms with Crippen LogP contribution in [0.4, 0.5) is 0 Å². The van der Waals surface area contributed by atoms with Crippen molar-refractivity contribution >= 4 is 35.2 Å². The van der Waals surface area contributed by atoms with Gasteiger partial charge >= 0.3 is 0 Å². The van der Waals surface area contributed by atoms with Crippen molar-refractivity contribution in [2.75, 3.05) is 21.2 Å². The summed E-state index contributed by atoms with van der Waals surface area (Å²) in [5, 5.41) is 6.62. The van der Waals surface area contributed by atoms with E-state index in [9.17, 15) is 9.59 Å². The predicted molar refractivity (Wildman–Crippen MR) is 192 cm³/mol. The molecule has 0 saturated carbocycles. The van der Waals surface area contributed by atoms with Crippen LogP contribution in [0.15, 0.2) is 71.8 Å². The Kier molecular flexibility index (Phi) is 15.0. The van der Waals surface area contributed by atoms with Crippen molar-refractivity contribution in [1.82, 2.24) is 9.47 Å². The lowest BCUT2D eigenvalue weighted by atomic mass is 9.86. The third-order valence-corrected chi connectivity index (χ3v) is 7.81. The molecule has 0 aliphatic rings. The van der Waals surface area contributed by atoms with Gasteiger partial charge in [-0.15, -0.1) is 0 Å². The summed E-state index contributed by atoms with van der Waals surface area (Å²) in [6, 6.07) is 21.3. The van der Waals surface area contributed by atoms with E-state index in [-0.39, 0.29) is 30.0 Å². The van der Waals surface area contributed by atoms with Crippen molar-refractivity contribution in [3.63, 3.8) is 0 Å². The van der Waals surface area contributed by atoms with E-state index in [1.165, 1.54) is 28.4 Å². The largest absolute Gasteiger partial charge is 0.462 e. The molecule has 8 nitrogen and oxygen atoms in total. The number of hydrogen-bond donors (Lipinski definition) is 2. The van der Waals surface area contributed by atoms with E-state index in [0.29, 0.717) is 6.47 Å². The van der Waals surface area contributed by atoms with E-state index in [1.807, 2.05) is 39.8 Å². The number of benzene rings is 3. The summed E-state index contributed by atoms with van der Waals surface area (Å²) < 4.78 is 12.3. The number of carbonyl (C=O) groups is 2. The molecule has 0 spiro atoms. The lowest BCUT2D eigenvalue weighted by molar-refractivity contribution is -0.138. The summed E-state index contributed by atoms with van der Waals surface area (Å²) in [4.78, 5) is 24.5. The molecule has 0 aliphatic heterocycles. The highest BCUT2D eigenvalue weighted by Gasteiger charge is 2.20. The molecule has 0 aliphatic carbocycles. The first kappa shape index (κ1) is 38.6. The van der Waals surface area contributed by atoms with Gasteiger partial charge in [0.05, 0.1) is 12.5 Å². The van der Waals surface area contributed by atoms with Gasteiger partial charge in [0.25, 0.3) is 6.47 Å². The third kappa shape index (κ3) is 11.9. The van der Waals surface area contributed by atoms with Crippen LogP contribution in [-0.2, 0) is 39.1 Å². The normalized spacial score (nSPS) is 11.8. The van der Waals surface area contributed by atoms with Crippen molar-refractivity contribution in [3.05, 3.63) is 89.1 Å². The maximum Gasteiger partial charge on any atom is 0.293 e. The fourth-order valence-corrected chi connectivity index (χ4v) is 5.20. The summed E-state index contributed by atoms with van der Waals surface area (Å²) in [7, 11) is 7.86. The van der Waals surface area contributed by atoms with Crippen molar-refractivity contribution in [2.45, 2.75) is 77.0 Å². The van der Waals surface area contributed by atoms with Gasteiger partial charge in [-0.05, 0) is 129 Å². The molecular weight excluding hydrogens is 596 g/mol. The molecule has 0 fully saturated rings. The van der Waals surface area contributed by atoms with Gasteiger partial charge in [-0.3, -0.25) is 14.7 Å². The molecule has 1 aromatic heterocycles. The van der Waals surface area contributed by atoms with E-state index >= 15 is 0 Å². The number of primary amides is 1. The molecule has 4 rings (SSSR count). The average Bonchev–Trinajstić information content (AvgIpc) is 3.36. The van der Waals surface area contributed by atoms with Gasteiger partial charge in [-0.1, -0.05) is 38.1 Å². The quantitative estimate of drug-likeness (QED) is 0.136.